The molecule has 0 bridgehead atoms. The lowest BCUT2D eigenvalue weighted by molar-refractivity contribution is 0.873. The van der Waals surface area contributed by atoms with E-state index in [2.05, 4.69) is 41.0 Å². The predicted molar refractivity (Wildman–Crippen MR) is 84.5 cm³/mol. The largest absolute Gasteiger partial charge is 0.368 e. The van der Waals surface area contributed by atoms with Gasteiger partial charge >= 0.3 is 0 Å². The van der Waals surface area contributed by atoms with Crippen LogP contribution in [0.3, 0.4) is 0 Å². The van der Waals surface area contributed by atoms with E-state index < -0.39 is 0 Å². The fourth-order valence-electron chi connectivity index (χ4n) is 2.53. The third kappa shape index (κ3) is 2.12. The second-order valence-corrected chi connectivity index (χ2v) is 5.75. The zero-order valence-electron chi connectivity index (χ0n) is 11.1. The van der Waals surface area contributed by atoms with E-state index in [1.165, 1.54) is 0 Å². The number of rotatable bonds is 1. The van der Waals surface area contributed by atoms with Crippen molar-refractivity contribution >= 4 is 21.7 Å². The Labute approximate surface area is 130 Å². The van der Waals surface area contributed by atoms with Crippen LogP contribution < -0.4 is 5.32 Å². The Morgan fingerprint density at radius 3 is 2.86 bits per heavy atom. The summed E-state index contributed by atoms with van der Waals surface area (Å²) in [6.45, 7) is 0.800. The van der Waals surface area contributed by atoms with E-state index in [-0.39, 0.29) is 0 Å². The quantitative estimate of drug-likeness (QED) is 0.739. The number of anilines is 1. The highest BCUT2D eigenvalue weighted by Crippen LogP contribution is 2.30. The SMILES string of the molecule is Brc1cnc2c(c1)-n1c(nnc1-c1ccccc1)CCN2. The van der Waals surface area contributed by atoms with Crippen LogP contribution in [0.25, 0.3) is 17.1 Å². The van der Waals surface area contributed by atoms with Crippen molar-refractivity contribution in [1.29, 1.82) is 0 Å². The van der Waals surface area contributed by atoms with Crippen molar-refractivity contribution in [3.63, 3.8) is 0 Å². The molecular weight excluding hydrogens is 330 g/mol. The van der Waals surface area contributed by atoms with Crippen molar-refractivity contribution in [2.45, 2.75) is 6.42 Å². The van der Waals surface area contributed by atoms with Gasteiger partial charge in [0.25, 0.3) is 0 Å². The second-order valence-electron chi connectivity index (χ2n) is 4.84. The van der Waals surface area contributed by atoms with Crippen molar-refractivity contribution in [1.82, 2.24) is 19.7 Å². The number of hydrogen-bond donors (Lipinski definition) is 1. The standard InChI is InChI=1S/C15H12BrN5/c16-11-8-12-14(18-9-11)17-7-6-13-19-20-15(21(12)13)10-4-2-1-3-5-10/h1-5,8-9H,6-7H2,(H,17,18). The summed E-state index contributed by atoms with van der Waals surface area (Å²) < 4.78 is 3.02. The van der Waals surface area contributed by atoms with Gasteiger partial charge in [-0.15, -0.1) is 10.2 Å². The van der Waals surface area contributed by atoms with Crippen LogP contribution in [-0.2, 0) is 6.42 Å². The van der Waals surface area contributed by atoms with Gasteiger partial charge in [-0.2, -0.15) is 0 Å². The van der Waals surface area contributed by atoms with Gasteiger partial charge in [0, 0.05) is 29.2 Å². The molecule has 0 radical (unpaired) electrons. The van der Waals surface area contributed by atoms with Crippen molar-refractivity contribution in [2.24, 2.45) is 0 Å². The van der Waals surface area contributed by atoms with Crippen LogP contribution in [0.4, 0.5) is 5.82 Å². The van der Waals surface area contributed by atoms with Crippen LogP contribution in [-0.4, -0.2) is 26.3 Å². The van der Waals surface area contributed by atoms with Gasteiger partial charge in [-0.05, 0) is 22.0 Å². The van der Waals surface area contributed by atoms with E-state index in [1.807, 2.05) is 36.4 Å². The highest BCUT2D eigenvalue weighted by molar-refractivity contribution is 9.10. The summed E-state index contributed by atoms with van der Waals surface area (Å²) in [6, 6.07) is 12.1. The second kappa shape index (κ2) is 4.96. The molecule has 104 valence electrons. The van der Waals surface area contributed by atoms with Crippen molar-refractivity contribution in [3.8, 4) is 17.1 Å². The Hall–Kier alpha value is -2.21. The number of halogens is 1. The van der Waals surface area contributed by atoms with Crippen molar-refractivity contribution in [3.05, 3.63) is 52.9 Å². The van der Waals surface area contributed by atoms with E-state index >= 15 is 0 Å². The topological polar surface area (TPSA) is 55.6 Å². The Balaban J connectivity index is 1.99. The summed E-state index contributed by atoms with van der Waals surface area (Å²) in [4.78, 5) is 4.46. The molecule has 0 saturated carbocycles. The van der Waals surface area contributed by atoms with Crippen LogP contribution in [0, 0.1) is 0 Å². The Kier molecular flexibility index (Phi) is 2.96. The minimum absolute atomic E-state index is 0.800. The number of pyridine rings is 1. The monoisotopic (exact) mass is 341 g/mol. The molecule has 21 heavy (non-hydrogen) atoms. The molecular formula is C15H12BrN5. The maximum absolute atomic E-state index is 4.46. The molecule has 5 nitrogen and oxygen atoms in total. The smallest absolute Gasteiger partial charge is 0.168 e. The van der Waals surface area contributed by atoms with E-state index in [9.17, 15) is 0 Å². The average molecular weight is 342 g/mol. The molecule has 0 aliphatic carbocycles. The fourth-order valence-corrected chi connectivity index (χ4v) is 2.85. The molecule has 0 spiro atoms. The van der Waals surface area contributed by atoms with Gasteiger partial charge in [0.1, 0.15) is 11.6 Å². The highest BCUT2D eigenvalue weighted by Gasteiger charge is 2.21. The molecule has 0 atom stereocenters. The average Bonchev–Trinajstić information content (AvgIpc) is 2.85. The fraction of sp³-hybridized carbons (Fsp3) is 0.133. The molecule has 6 heteroatoms. The first kappa shape index (κ1) is 12.5. The maximum Gasteiger partial charge on any atom is 0.168 e. The van der Waals surface area contributed by atoms with Gasteiger partial charge in [-0.3, -0.25) is 4.57 Å². The Morgan fingerprint density at radius 1 is 1.14 bits per heavy atom. The molecule has 1 aliphatic heterocycles. The first-order valence-electron chi connectivity index (χ1n) is 6.72. The van der Waals surface area contributed by atoms with Gasteiger partial charge in [0.05, 0.1) is 5.69 Å². The number of nitrogens with zero attached hydrogens (tertiary/aromatic N) is 4. The summed E-state index contributed by atoms with van der Waals surface area (Å²) in [7, 11) is 0. The number of nitrogens with one attached hydrogen (secondary N) is 1. The number of hydrogen-bond acceptors (Lipinski definition) is 4. The molecule has 0 amide bonds. The molecule has 3 aromatic rings. The summed E-state index contributed by atoms with van der Waals surface area (Å²) in [5.41, 5.74) is 2.02. The highest BCUT2D eigenvalue weighted by atomic mass is 79.9. The van der Waals surface area contributed by atoms with Gasteiger partial charge < -0.3 is 5.32 Å². The Morgan fingerprint density at radius 2 is 2.00 bits per heavy atom. The maximum atomic E-state index is 4.46. The molecule has 1 N–H and O–H groups in total. The van der Waals surface area contributed by atoms with Crippen LogP contribution in [0.5, 0.6) is 0 Å². The van der Waals surface area contributed by atoms with Gasteiger partial charge in [0.15, 0.2) is 5.82 Å². The Bertz CT molecular complexity index is 797. The molecule has 4 rings (SSSR count). The van der Waals surface area contributed by atoms with E-state index in [0.717, 1.165) is 46.2 Å². The minimum Gasteiger partial charge on any atom is -0.368 e. The van der Waals surface area contributed by atoms with Crippen LogP contribution in [0.1, 0.15) is 5.82 Å². The molecule has 2 aromatic heterocycles. The molecule has 1 aliphatic rings. The summed E-state index contributed by atoms with van der Waals surface area (Å²) >= 11 is 3.49. The molecule has 0 fully saturated rings. The number of aromatic nitrogens is 4. The number of fused-ring (bicyclic) bond motifs is 3. The lowest BCUT2D eigenvalue weighted by atomic mass is 10.2. The summed E-state index contributed by atoms with van der Waals surface area (Å²) in [5, 5.41) is 12.1. The van der Waals surface area contributed by atoms with E-state index in [1.54, 1.807) is 6.20 Å². The normalized spacial score (nSPS) is 13.0. The van der Waals surface area contributed by atoms with Crippen LogP contribution in [0.15, 0.2) is 47.1 Å². The molecule has 0 unspecified atom stereocenters. The van der Waals surface area contributed by atoms with Crippen molar-refractivity contribution in [2.75, 3.05) is 11.9 Å². The zero-order chi connectivity index (χ0) is 14.2. The molecule has 3 heterocycles. The van der Waals surface area contributed by atoms with Crippen LogP contribution in [0.2, 0.25) is 0 Å². The first-order valence-corrected chi connectivity index (χ1v) is 7.52. The van der Waals surface area contributed by atoms with Gasteiger partial charge in [-0.1, -0.05) is 30.3 Å². The van der Waals surface area contributed by atoms with Crippen molar-refractivity contribution < 1.29 is 0 Å². The summed E-state index contributed by atoms with van der Waals surface area (Å²) in [6.07, 6.45) is 2.61. The van der Waals surface area contributed by atoms with Gasteiger partial charge in [-0.25, -0.2) is 4.98 Å². The molecule has 0 saturated heterocycles. The third-order valence-electron chi connectivity index (χ3n) is 3.48. The van der Waals surface area contributed by atoms with Crippen LogP contribution >= 0.6 is 15.9 Å². The zero-order valence-corrected chi connectivity index (χ0v) is 12.7. The lowest BCUT2D eigenvalue weighted by Crippen LogP contribution is -2.04. The predicted octanol–water partition coefficient (Wildman–Crippen LogP) is 3.06. The first-order chi connectivity index (χ1) is 10.3. The minimum atomic E-state index is 0.800. The van der Waals surface area contributed by atoms with E-state index in [0.29, 0.717) is 0 Å². The third-order valence-corrected chi connectivity index (χ3v) is 3.91. The van der Waals surface area contributed by atoms with E-state index in [4.69, 9.17) is 0 Å². The number of benzene rings is 1. The molecule has 1 aromatic carbocycles. The summed E-state index contributed by atoms with van der Waals surface area (Å²) in [5.74, 6) is 2.64. The lowest BCUT2D eigenvalue weighted by Gasteiger charge is -2.11. The van der Waals surface area contributed by atoms with Gasteiger partial charge in [0.2, 0.25) is 0 Å².